The Morgan fingerprint density at radius 2 is 1.84 bits per heavy atom. The van der Waals surface area contributed by atoms with E-state index in [2.05, 4.69) is 0 Å². The van der Waals surface area contributed by atoms with Gasteiger partial charge in [0.2, 0.25) is 9.05 Å². The molecule has 1 aromatic rings. The molecule has 1 aromatic carbocycles. The fourth-order valence-corrected chi connectivity index (χ4v) is 3.24. The van der Waals surface area contributed by atoms with Gasteiger partial charge in [-0.1, -0.05) is 25.4 Å². The van der Waals surface area contributed by atoms with Gasteiger partial charge in [-0.05, 0) is 17.5 Å². The molecule has 4 nitrogen and oxygen atoms in total. The van der Waals surface area contributed by atoms with E-state index >= 15 is 0 Å². The van der Waals surface area contributed by atoms with E-state index < -0.39 is 14.8 Å². The summed E-state index contributed by atoms with van der Waals surface area (Å²) in [6, 6.07) is 1.75. The largest absolute Gasteiger partial charge is 0.493 e. The maximum absolute atomic E-state index is 11.3. The lowest BCUT2D eigenvalue weighted by atomic mass is 9.99. The van der Waals surface area contributed by atoms with Crippen LogP contribution in [-0.4, -0.2) is 22.6 Å². The van der Waals surface area contributed by atoms with Crippen LogP contribution >= 0.6 is 22.3 Å². The quantitative estimate of drug-likeness (QED) is 0.776. The predicted octanol–water partition coefficient (Wildman–Crippen LogP) is 3.55. The number of halogens is 2. The lowest BCUT2D eigenvalue weighted by Gasteiger charge is -2.18. The van der Waals surface area contributed by atoms with Crippen LogP contribution in [0.3, 0.4) is 0 Å². The summed E-state index contributed by atoms with van der Waals surface area (Å²) in [5, 5.41) is 0.344. The van der Waals surface area contributed by atoms with E-state index in [1.165, 1.54) is 14.2 Å². The first-order valence-corrected chi connectivity index (χ1v) is 8.42. The molecule has 0 aliphatic heterocycles. The van der Waals surface area contributed by atoms with Crippen molar-refractivity contribution in [2.24, 2.45) is 0 Å². The van der Waals surface area contributed by atoms with Gasteiger partial charge in [0.05, 0.1) is 25.0 Å². The van der Waals surface area contributed by atoms with Gasteiger partial charge in [-0.25, -0.2) is 8.42 Å². The van der Waals surface area contributed by atoms with Crippen molar-refractivity contribution in [2.45, 2.75) is 25.5 Å². The highest BCUT2D eigenvalue weighted by atomic mass is 35.7. The molecule has 0 atom stereocenters. The Hall–Kier alpha value is -0.650. The van der Waals surface area contributed by atoms with Gasteiger partial charge in [0, 0.05) is 16.2 Å². The van der Waals surface area contributed by atoms with E-state index in [4.69, 9.17) is 31.8 Å². The minimum atomic E-state index is -3.75. The third kappa shape index (κ3) is 3.91. The Morgan fingerprint density at radius 1 is 1.26 bits per heavy atom. The fraction of sp³-hybridized carbons (Fsp3) is 0.500. The maximum atomic E-state index is 11.3. The average molecular weight is 327 g/mol. The Bertz CT molecular complexity index is 568. The van der Waals surface area contributed by atoms with Crippen molar-refractivity contribution in [3.63, 3.8) is 0 Å². The second kappa shape index (κ2) is 6.20. The van der Waals surface area contributed by atoms with Gasteiger partial charge >= 0.3 is 0 Å². The summed E-state index contributed by atoms with van der Waals surface area (Å²) in [6.07, 6.45) is 0. The van der Waals surface area contributed by atoms with Crippen molar-refractivity contribution >= 4 is 31.3 Å². The first-order chi connectivity index (χ1) is 8.71. The summed E-state index contributed by atoms with van der Waals surface area (Å²) < 4.78 is 33.0. The Labute approximate surface area is 123 Å². The number of ether oxygens (including phenoxy) is 2. The third-order valence-corrected chi connectivity index (χ3v) is 4.07. The molecular formula is C12H16Cl2O4S. The highest BCUT2D eigenvalue weighted by Crippen LogP contribution is 2.42. The molecule has 19 heavy (non-hydrogen) atoms. The summed E-state index contributed by atoms with van der Waals surface area (Å²) in [4.78, 5) is 0. The highest BCUT2D eigenvalue weighted by Gasteiger charge is 2.23. The smallest absolute Gasteiger partial charge is 0.236 e. The van der Waals surface area contributed by atoms with Crippen molar-refractivity contribution in [1.82, 2.24) is 0 Å². The molecule has 0 aliphatic rings. The maximum Gasteiger partial charge on any atom is 0.236 e. The van der Waals surface area contributed by atoms with Gasteiger partial charge in [0.15, 0.2) is 11.5 Å². The zero-order valence-electron chi connectivity index (χ0n) is 11.2. The molecule has 7 heteroatoms. The van der Waals surface area contributed by atoms with Crippen LogP contribution < -0.4 is 9.47 Å². The average Bonchev–Trinajstić information content (AvgIpc) is 2.29. The van der Waals surface area contributed by atoms with E-state index in [-0.39, 0.29) is 5.92 Å². The molecule has 0 unspecified atom stereocenters. The number of hydrogen-bond acceptors (Lipinski definition) is 4. The fourth-order valence-electron chi connectivity index (χ4n) is 1.79. The van der Waals surface area contributed by atoms with E-state index in [1.54, 1.807) is 6.07 Å². The topological polar surface area (TPSA) is 52.6 Å². The third-order valence-electron chi connectivity index (χ3n) is 2.67. The molecule has 0 saturated heterocycles. The molecule has 0 bridgehead atoms. The molecule has 1 rings (SSSR count). The lowest BCUT2D eigenvalue weighted by molar-refractivity contribution is 0.352. The van der Waals surface area contributed by atoms with E-state index in [1.807, 2.05) is 13.8 Å². The Balaban J connectivity index is 3.59. The molecule has 0 spiro atoms. The van der Waals surface area contributed by atoms with Crippen LogP contribution in [0.2, 0.25) is 5.02 Å². The number of hydrogen-bond donors (Lipinski definition) is 0. The zero-order valence-corrected chi connectivity index (χ0v) is 13.5. The summed E-state index contributed by atoms with van der Waals surface area (Å²) in [7, 11) is 4.47. The summed E-state index contributed by atoms with van der Waals surface area (Å²) in [6.45, 7) is 3.90. The van der Waals surface area contributed by atoms with Crippen LogP contribution in [0.4, 0.5) is 0 Å². The molecule has 0 fully saturated rings. The first kappa shape index (κ1) is 16.4. The Morgan fingerprint density at radius 3 is 2.21 bits per heavy atom. The highest BCUT2D eigenvalue weighted by molar-refractivity contribution is 8.13. The monoisotopic (exact) mass is 326 g/mol. The predicted molar refractivity (Wildman–Crippen MR) is 77.1 cm³/mol. The molecule has 108 valence electrons. The number of methoxy groups -OCH3 is 2. The number of benzene rings is 1. The van der Waals surface area contributed by atoms with Crippen LogP contribution in [0.5, 0.6) is 11.5 Å². The van der Waals surface area contributed by atoms with Gasteiger partial charge in [-0.3, -0.25) is 0 Å². The van der Waals surface area contributed by atoms with Gasteiger partial charge in [0.25, 0.3) is 0 Å². The van der Waals surface area contributed by atoms with E-state index in [0.29, 0.717) is 22.1 Å². The van der Waals surface area contributed by atoms with Crippen molar-refractivity contribution in [3.05, 3.63) is 22.2 Å². The van der Waals surface area contributed by atoms with Crippen molar-refractivity contribution in [2.75, 3.05) is 14.2 Å². The zero-order chi connectivity index (χ0) is 14.8. The standard InChI is InChI=1S/C12H16Cl2O4S/c1-7(2)8-5-10(17-3)12(18-4)9(11(8)13)6-19(14,15)16/h5,7H,6H2,1-4H3. The molecule has 0 aliphatic carbocycles. The first-order valence-electron chi connectivity index (χ1n) is 5.56. The van der Waals surface area contributed by atoms with E-state index in [0.717, 1.165) is 5.56 Å². The van der Waals surface area contributed by atoms with Crippen LogP contribution in [0.15, 0.2) is 6.07 Å². The molecule has 0 radical (unpaired) electrons. The van der Waals surface area contributed by atoms with Crippen LogP contribution in [-0.2, 0) is 14.8 Å². The summed E-state index contributed by atoms with van der Waals surface area (Å²) in [5.74, 6) is 0.434. The van der Waals surface area contributed by atoms with Crippen molar-refractivity contribution in [3.8, 4) is 11.5 Å². The summed E-state index contributed by atoms with van der Waals surface area (Å²) >= 11 is 6.26. The molecule has 0 N–H and O–H groups in total. The molecule has 0 saturated carbocycles. The lowest BCUT2D eigenvalue weighted by Crippen LogP contribution is -2.05. The minimum absolute atomic E-state index is 0.115. The van der Waals surface area contributed by atoms with Gasteiger partial charge in [-0.15, -0.1) is 0 Å². The Kier molecular flexibility index (Phi) is 5.35. The molecule has 0 heterocycles. The molecular weight excluding hydrogens is 311 g/mol. The normalized spacial score (nSPS) is 11.7. The van der Waals surface area contributed by atoms with Gasteiger partial charge in [0.1, 0.15) is 0 Å². The van der Waals surface area contributed by atoms with E-state index in [9.17, 15) is 8.42 Å². The van der Waals surface area contributed by atoms with Crippen LogP contribution in [0.1, 0.15) is 30.9 Å². The van der Waals surface area contributed by atoms with Crippen molar-refractivity contribution < 1.29 is 17.9 Å². The summed E-state index contributed by atoms with van der Waals surface area (Å²) in [5.41, 5.74) is 1.11. The molecule has 0 aromatic heterocycles. The van der Waals surface area contributed by atoms with Crippen LogP contribution in [0.25, 0.3) is 0 Å². The molecule has 0 amide bonds. The minimum Gasteiger partial charge on any atom is -0.493 e. The SMILES string of the molecule is COc1cc(C(C)C)c(Cl)c(CS(=O)(=O)Cl)c1OC. The van der Waals surface area contributed by atoms with Crippen LogP contribution in [0, 0.1) is 0 Å². The second-order valence-corrected chi connectivity index (χ2v) is 7.49. The second-order valence-electron chi connectivity index (χ2n) is 4.33. The van der Waals surface area contributed by atoms with Gasteiger partial charge < -0.3 is 9.47 Å². The van der Waals surface area contributed by atoms with Crippen molar-refractivity contribution in [1.29, 1.82) is 0 Å². The number of rotatable bonds is 5. The van der Waals surface area contributed by atoms with Gasteiger partial charge in [-0.2, -0.15) is 0 Å².